The van der Waals surface area contributed by atoms with Gasteiger partial charge in [0.1, 0.15) is 0 Å². The summed E-state index contributed by atoms with van der Waals surface area (Å²) < 4.78 is 34.5. The van der Waals surface area contributed by atoms with Crippen LogP contribution in [-0.4, -0.2) is 31.9 Å². The molecule has 0 aliphatic carbocycles. The van der Waals surface area contributed by atoms with Crippen LogP contribution < -0.4 is 51.4 Å². The van der Waals surface area contributed by atoms with Crippen molar-refractivity contribution in [3.8, 4) is 0 Å². The molecular formula is C4H10BF3KN. The van der Waals surface area contributed by atoms with Gasteiger partial charge in [-0.25, -0.2) is 0 Å². The Kier molecular flexibility index (Phi) is 8.43. The second-order valence-electron chi connectivity index (χ2n) is 2.07. The van der Waals surface area contributed by atoms with Crippen molar-refractivity contribution in [2.45, 2.75) is 6.92 Å². The predicted molar refractivity (Wildman–Crippen MR) is 32.2 cm³/mol. The molecule has 0 atom stereocenters. The molecule has 10 heavy (non-hydrogen) atoms. The molecule has 0 radical (unpaired) electrons. The Hall–Kier alpha value is 1.45. The summed E-state index contributed by atoms with van der Waals surface area (Å²) in [5.74, 6) is 0. The quantitative estimate of drug-likeness (QED) is 0.468. The molecule has 0 aromatic heterocycles. The van der Waals surface area contributed by atoms with Crippen molar-refractivity contribution >= 4 is 6.98 Å². The van der Waals surface area contributed by atoms with E-state index in [9.17, 15) is 12.9 Å². The van der Waals surface area contributed by atoms with Crippen molar-refractivity contribution in [3.63, 3.8) is 0 Å². The average molecular weight is 179 g/mol. The standard InChI is InChI=1S/C4H10BF3N.K/c1-3-9(2)4-5(6,7)8;/h3-4H2,1-2H3;/q-1;+1. The fourth-order valence-electron chi connectivity index (χ4n) is 0.483. The first-order valence-corrected chi connectivity index (χ1v) is 2.85. The molecule has 56 valence electrons. The molecule has 0 bridgehead atoms. The van der Waals surface area contributed by atoms with Crippen LogP contribution in [0.3, 0.4) is 0 Å². The summed E-state index contributed by atoms with van der Waals surface area (Å²) in [5.41, 5.74) is 0. The van der Waals surface area contributed by atoms with Gasteiger partial charge in [-0.15, -0.1) is 0 Å². The Morgan fingerprint density at radius 3 is 1.80 bits per heavy atom. The third kappa shape index (κ3) is 9.45. The van der Waals surface area contributed by atoms with Crippen molar-refractivity contribution < 1.29 is 64.3 Å². The summed E-state index contributed by atoms with van der Waals surface area (Å²) in [6.45, 7) is -2.48. The molecule has 0 aromatic rings. The van der Waals surface area contributed by atoms with Crippen LogP contribution in [0.4, 0.5) is 12.9 Å². The minimum Gasteiger partial charge on any atom is -0.448 e. The third-order valence-corrected chi connectivity index (χ3v) is 1.06. The Morgan fingerprint density at radius 2 is 1.70 bits per heavy atom. The summed E-state index contributed by atoms with van der Waals surface area (Å²) in [5, 5.41) is 0. The molecule has 0 saturated carbocycles. The van der Waals surface area contributed by atoms with E-state index in [2.05, 4.69) is 0 Å². The zero-order valence-corrected chi connectivity index (χ0v) is 9.70. The predicted octanol–water partition coefficient (Wildman–Crippen LogP) is -1.67. The smallest absolute Gasteiger partial charge is 0.448 e. The molecule has 0 aliphatic rings. The van der Waals surface area contributed by atoms with Crippen LogP contribution >= 0.6 is 0 Å². The summed E-state index contributed by atoms with van der Waals surface area (Å²) >= 11 is 0. The molecule has 0 N–H and O–H groups in total. The van der Waals surface area contributed by atoms with E-state index in [0.29, 0.717) is 6.54 Å². The van der Waals surface area contributed by atoms with E-state index < -0.39 is 13.4 Å². The van der Waals surface area contributed by atoms with Crippen molar-refractivity contribution in [1.29, 1.82) is 0 Å². The van der Waals surface area contributed by atoms with E-state index in [4.69, 9.17) is 0 Å². The molecule has 0 saturated heterocycles. The zero-order chi connectivity index (χ0) is 7.49. The Labute approximate surface area is 102 Å². The van der Waals surface area contributed by atoms with Crippen LogP contribution in [-0.2, 0) is 0 Å². The zero-order valence-electron chi connectivity index (χ0n) is 6.57. The van der Waals surface area contributed by atoms with E-state index in [1.165, 1.54) is 11.9 Å². The second-order valence-corrected chi connectivity index (χ2v) is 2.07. The summed E-state index contributed by atoms with van der Waals surface area (Å²) in [4.78, 5) is 1.24. The molecule has 0 heterocycles. The minimum absolute atomic E-state index is 0. The molecule has 0 spiro atoms. The topological polar surface area (TPSA) is 3.24 Å². The normalized spacial score (nSPS) is 11.4. The molecule has 0 aromatic carbocycles. The first kappa shape index (κ1) is 14.0. The third-order valence-electron chi connectivity index (χ3n) is 1.06. The van der Waals surface area contributed by atoms with E-state index in [-0.39, 0.29) is 51.4 Å². The van der Waals surface area contributed by atoms with Crippen LogP contribution in [0.15, 0.2) is 0 Å². The number of hydrogen-bond donors (Lipinski definition) is 0. The monoisotopic (exact) mass is 179 g/mol. The van der Waals surface area contributed by atoms with Crippen LogP contribution in [0.2, 0.25) is 0 Å². The van der Waals surface area contributed by atoms with Gasteiger partial charge in [0, 0.05) is 0 Å². The molecule has 6 heteroatoms. The van der Waals surface area contributed by atoms with Crippen molar-refractivity contribution in [2.75, 3.05) is 20.0 Å². The molecule has 0 aliphatic heterocycles. The largest absolute Gasteiger partial charge is 1.00 e. The van der Waals surface area contributed by atoms with Gasteiger partial charge in [0.05, 0.1) is 0 Å². The van der Waals surface area contributed by atoms with E-state index in [1.807, 2.05) is 0 Å². The van der Waals surface area contributed by atoms with Gasteiger partial charge in [0.15, 0.2) is 0 Å². The van der Waals surface area contributed by atoms with Crippen LogP contribution in [0.5, 0.6) is 0 Å². The Balaban J connectivity index is 0. The van der Waals surface area contributed by atoms with Gasteiger partial charge in [-0.2, -0.15) is 0 Å². The molecule has 0 fully saturated rings. The van der Waals surface area contributed by atoms with Gasteiger partial charge in [-0.05, 0) is 20.0 Å². The molecule has 1 nitrogen and oxygen atoms in total. The van der Waals surface area contributed by atoms with E-state index in [1.54, 1.807) is 6.92 Å². The van der Waals surface area contributed by atoms with Crippen LogP contribution in [0.1, 0.15) is 6.92 Å². The number of hydrogen-bond acceptors (Lipinski definition) is 1. The number of halogens is 3. The van der Waals surface area contributed by atoms with Crippen LogP contribution in [0, 0.1) is 0 Å². The summed E-state index contributed by atoms with van der Waals surface area (Å²) in [6.07, 6.45) is -0.753. The molecular weight excluding hydrogens is 169 g/mol. The van der Waals surface area contributed by atoms with Gasteiger partial charge in [0.2, 0.25) is 0 Å². The Bertz CT molecular complexity index is 87.1. The maximum Gasteiger partial charge on any atom is 1.00 e. The van der Waals surface area contributed by atoms with E-state index >= 15 is 0 Å². The SMILES string of the molecule is CCN(C)C[B-](F)(F)F.[K+]. The first-order chi connectivity index (χ1) is 3.95. The Morgan fingerprint density at radius 1 is 1.30 bits per heavy atom. The van der Waals surface area contributed by atoms with Gasteiger partial charge in [0.25, 0.3) is 0 Å². The average Bonchev–Trinajstić information content (AvgIpc) is 1.62. The number of rotatable bonds is 3. The van der Waals surface area contributed by atoms with Crippen molar-refractivity contribution in [1.82, 2.24) is 4.90 Å². The maximum atomic E-state index is 11.5. The van der Waals surface area contributed by atoms with Crippen molar-refractivity contribution in [2.24, 2.45) is 0 Å². The fraction of sp³-hybridized carbons (Fsp3) is 1.00. The molecule has 0 unspecified atom stereocenters. The second kappa shape index (κ2) is 6.02. The minimum atomic E-state index is -4.62. The fourth-order valence-corrected chi connectivity index (χ4v) is 0.483. The maximum absolute atomic E-state index is 11.5. The van der Waals surface area contributed by atoms with Gasteiger partial charge in [-0.3, -0.25) is 0 Å². The molecule has 0 amide bonds. The first-order valence-electron chi connectivity index (χ1n) is 2.85. The van der Waals surface area contributed by atoms with Gasteiger partial charge in [-0.1, -0.05) is 6.92 Å². The van der Waals surface area contributed by atoms with Gasteiger partial charge >= 0.3 is 58.4 Å². The summed E-state index contributed by atoms with van der Waals surface area (Å²) in [6, 6.07) is 0. The summed E-state index contributed by atoms with van der Waals surface area (Å²) in [7, 11) is 1.45. The van der Waals surface area contributed by atoms with E-state index in [0.717, 1.165) is 0 Å². The van der Waals surface area contributed by atoms with Crippen molar-refractivity contribution in [3.05, 3.63) is 0 Å². The number of nitrogens with zero attached hydrogens (tertiary/aromatic N) is 1. The van der Waals surface area contributed by atoms with Gasteiger partial charge < -0.3 is 17.8 Å². The van der Waals surface area contributed by atoms with Crippen LogP contribution in [0.25, 0.3) is 0 Å². The molecule has 0 rings (SSSR count).